The fourth-order valence-corrected chi connectivity index (χ4v) is 3.95. The first kappa shape index (κ1) is 20.6. The van der Waals surface area contributed by atoms with Gasteiger partial charge in [-0.25, -0.2) is 0 Å². The lowest BCUT2D eigenvalue weighted by Gasteiger charge is -2.26. The van der Waals surface area contributed by atoms with E-state index in [9.17, 15) is 9.59 Å². The van der Waals surface area contributed by atoms with Gasteiger partial charge < -0.3 is 9.80 Å². The van der Waals surface area contributed by atoms with E-state index in [0.29, 0.717) is 0 Å². The van der Waals surface area contributed by atoms with Gasteiger partial charge in [0.1, 0.15) is 0 Å². The Hall–Kier alpha value is -0.360. The summed E-state index contributed by atoms with van der Waals surface area (Å²) in [5, 5.41) is 0.265. The molecular weight excluding hydrogens is 304 g/mol. The van der Waals surface area contributed by atoms with Crippen molar-refractivity contribution in [2.45, 2.75) is 41.5 Å². The normalized spacial score (nSPS) is 11.3. The van der Waals surface area contributed by atoms with E-state index in [1.54, 1.807) is 0 Å². The lowest BCUT2D eigenvalue weighted by atomic mass is 10.0. The molecule has 0 radical (unpaired) electrons. The molecule has 0 aliphatic carbocycles. The third-order valence-corrected chi connectivity index (χ3v) is 6.08. The SMILES string of the molecule is CCN(CC)C(=O)SCC(C)(C)CSC(=O)N(CC)CC. The molecule has 0 aromatic rings. The highest BCUT2D eigenvalue weighted by Crippen LogP contribution is 2.28. The molecule has 0 unspecified atom stereocenters. The molecule has 0 aliphatic heterocycles. The van der Waals surface area contributed by atoms with E-state index < -0.39 is 0 Å². The minimum atomic E-state index is -0.0407. The van der Waals surface area contributed by atoms with Crippen LogP contribution in [0.25, 0.3) is 0 Å². The van der Waals surface area contributed by atoms with Crippen molar-refractivity contribution in [1.29, 1.82) is 0 Å². The predicted molar refractivity (Wildman–Crippen MR) is 95.3 cm³/mol. The third kappa shape index (κ3) is 8.00. The summed E-state index contributed by atoms with van der Waals surface area (Å²) in [4.78, 5) is 27.7. The molecule has 0 saturated carbocycles. The van der Waals surface area contributed by atoms with Crippen LogP contribution in [0.2, 0.25) is 0 Å². The van der Waals surface area contributed by atoms with Gasteiger partial charge in [0.25, 0.3) is 10.5 Å². The molecule has 0 fully saturated rings. The molecule has 0 heterocycles. The molecular formula is C15H30N2O2S2. The van der Waals surface area contributed by atoms with Crippen molar-refractivity contribution in [3.05, 3.63) is 0 Å². The first-order chi connectivity index (χ1) is 9.81. The molecule has 124 valence electrons. The lowest BCUT2D eigenvalue weighted by Crippen LogP contribution is -2.30. The highest BCUT2D eigenvalue weighted by molar-refractivity contribution is 8.14. The molecule has 4 nitrogen and oxygen atoms in total. The second-order valence-corrected chi connectivity index (χ2v) is 7.47. The molecule has 0 aromatic heterocycles. The molecule has 0 aliphatic rings. The van der Waals surface area contributed by atoms with E-state index in [1.165, 1.54) is 23.5 Å². The Kier molecular flexibility index (Phi) is 10.2. The molecule has 0 spiro atoms. The van der Waals surface area contributed by atoms with Crippen LogP contribution in [0.4, 0.5) is 9.59 Å². The van der Waals surface area contributed by atoms with Crippen molar-refractivity contribution in [1.82, 2.24) is 9.80 Å². The maximum atomic E-state index is 12.0. The van der Waals surface area contributed by atoms with Gasteiger partial charge >= 0.3 is 0 Å². The summed E-state index contributed by atoms with van der Waals surface area (Å²) in [7, 11) is 0. The number of nitrogens with zero attached hydrogens (tertiary/aromatic N) is 2. The van der Waals surface area contributed by atoms with Gasteiger partial charge in [-0.05, 0) is 33.1 Å². The summed E-state index contributed by atoms with van der Waals surface area (Å²) < 4.78 is 0. The fourth-order valence-electron chi connectivity index (χ4n) is 1.70. The van der Waals surface area contributed by atoms with Crippen LogP contribution in [0, 0.1) is 5.41 Å². The smallest absolute Gasteiger partial charge is 0.281 e. The van der Waals surface area contributed by atoms with E-state index in [-0.39, 0.29) is 15.9 Å². The van der Waals surface area contributed by atoms with Crippen LogP contribution in [-0.2, 0) is 0 Å². The second-order valence-electron chi connectivity index (χ2n) is 5.62. The zero-order valence-corrected chi connectivity index (χ0v) is 15.9. The minimum Gasteiger partial charge on any atom is -0.334 e. The van der Waals surface area contributed by atoms with Crippen molar-refractivity contribution in [3.8, 4) is 0 Å². The number of carbonyl (C=O) groups is 2. The van der Waals surface area contributed by atoms with E-state index in [4.69, 9.17) is 0 Å². The van der Waals surface area contributed by atoms with Crippen LogP contribution < -0.4 is 0 Å². The summed E-state index contributed by atoms with van der Waals surface area (Å²) in [5.74, 6) is 1.47. The first-order valence-corrected chi connectivity index (χ1v) is 9.61. The van der Waals surface area contributed by atoms with E-state index in [1.807, 2.05) is 37.5 Å². The second kappa shape index (κ2) is 10.4. The maximum Gasteiger partial charge on any atom is 0.281 e. The van der Waals surface area contributed by atoms with Crippen LogP contribution in [0.1, 0.15) is 41.5 Å². The Bertz CT molecular complexity index is 298. The Morgan fingerprint density at radius 2 is 1.05 bits per heavy atom. The van der Waals surface area contributed by atoms with Crippen molar-refractivity contribution < 1.29 is 9.59 Å². The van der Waals surface area contributed by atoms with E-state index >= 15 is 0 Å². The number of hydrogen-bond donors (Lipinski definition) is 0. The van der Waals surface area contributed by atoms with Crippen LogP contribution >= 0.6 is 23.5 Å². The quantitative estimate of drug-likeness (QED) is 0.659. The van der Waals surface area contributed by atoms with Gasteiger partial charge in [-0.1, -0.05) is 37.4 Å². The van der Waals surface area contributed by atoms with Crippen molar-refractivity contribution in [2.24, 2.45) is 5.41 Å². The van der Waals surface area contributed by atoms with Gasteiger partial charge in [-0.3, -0.25) is 9.59 Å². The number of thioether (sulfide) groups is 2. The Labute approximate surface area is 138 Å². The van der Waals surface area contributed by atoms with Gasteiger partial charge in [0.15, 0.2) is 0 Å². The van der Waals surface area contributed by atoms with Gasteiger partial charge in [-0.15, -0.1) is 0 Å². The fraction of sp³-hybridized carbons (Fsp3) is 0.867. The molecule has 0 N–H and O–H groups in total. The standard InChI is InChI=1S/C15H30N2O2S2/c1-7-16(8-2)13(18)20-11-15(5,6)12-21-14(19)17(9-3)10-4/h7-12H2,1-6H3. The van der Waals surface area contributed by atoms with E-state index in [0.717, 1.165) is 37.7 Å². The molecule has 0 atom stereocenters. The maximum absolute atomic E-state index is 12.0. The molecule has 6 heteroatoms. The summed E-state index contributed by atoms with van der Waals surface area (Å²) in [6.45, 7) is 15.2. The van der Waals surface area contributed by atoms with Crippen LogP contribution in [0.3, 0.4) is 0 Å². The molecule has 0 aromatic carbocycles. The number of carbonyl (C=O) groups excluding carboxylic acids is 2. The number of amides is 2. The summed E-state index contributed by atoms with van der Waals surface area (Å²) in [5.41, 5.74) is -0.0407. The average Bonchev–Trinajstić information content (AvgIpc) is 2.46. The van der Waals surface area contributed by atoms with Crippen LogP contribution in [0.5, 0.6) is 0 Å². The highest BCUT2D eigenvalue weighted by atomic mass is 32.2. The number of hydrogen-bond acceptors (Lipinski definition) is 4. The first-order valence-electron chi connectivity index (χ1n) is 7.64. The predicted octanol–water partition coefficient (Wildman–Crippen LogP) is 4.40. The third-order valence-electron chi connectivity index (χ3n) is 3.22. The Balaban J connectivity index is 4.25. The molecule has 2 amide bonds. The van der Waals surface area contributed by atoms with Crippen LogP contribution in [0.15, 0.2) is 0 Å². The molecule has 21 heavy (non-hydrogen) atoms. The monoisotopic (exact) mass is 334 g/mol. The highest BCUT2D eigenvalue weighted by Gasteiger charge is 2.24. The topological polar surface area (TPSA) is 40.6 Å². The van der Waals surface area contributed by atoms with Crippen molar-refractivity contribution in [3.63, 3.8) is 0 Å². The number of rotatable bonds is 8. The largest absolute Gasteiger partial charge is 0.334 e. The molecule has 0 bridgehead atoms. The molecule has 0 saturated heterocycles. The summed E-state index contributed by atoms with van der Waals surface area (Å²) in [6, 6.07) is 0. The lowest BCUT2D eigenvalue weighted by molar-refractivity contribution is 0.228. The van der Waals surface area contributed by atoms with Gasteiger partial charge in [0.05, 0.1) is 0 Å². The van der Waals surface area contributed by atoms with E-state index in [2.05, 4.69) is 13.8 Å². The summed E-state index contributed by atoms with van der Waals surface area (Å²) in [6.07, 6.45) is 0. The van der Waals surface area contributed by atoms with Gasteiger partial charge in [0.2, 0.25) is 0 Å². The zero-order chi connectivity index (χ0) is 16.5. The van der Waals surface area contributed by atoms with Gasteiger partial charge in [-0.2, -0.15) is 0 Å². The van der Waals surface area contributed by atoms with Gasteiger partial charge in [0, 0.05) is 37.7 Å². The average molecular weight is 335 g/mol. The van der Waals surface area contributed by atoms with Crippen LogP contribution in [-0.4, -0.2) is 58.0 Å². The van der Waals surface area contributed by atoms with Crippen molar-refractivity contribution >= 4 is 34.0 Å². The molecule has 0 rings (SSSR count). The summed E-state index contributed by atoms with van der Waals surface area (Å²) >= 11 is 2.72. The zero-order valence-electron chi connectivity index (χ0n) is 14.3. The Morgan fingerprint density at radius 1 is 0.762 bits per heavy atom. The Morgan fingerprint density at radius 3 is 1.29 bits per heavy atom. The minimum absolute atomic E-state index is 0.0407. The van der Waals surface area contributed by atoms with Crippen molar-refractivity contribution in [2.75, 3.05) is 37.7 Å².